The largest absolute Gasteiger partial charge is 0.472 e. The second-order valence-electron chi connectivity index (χ2n) is 22.4. The molecule has 0 aliphatic heterocycles. The summed E-state index contributed by atoms with van der Waals surface area (Å²) in [5, 5.41) is 10.5. The minimum Gasteiger partial charge on any atom is -0.462 e. The molecule has 2 unspecified atom stereocenters. The highest BCUT2D eigenvalue weighted by Crippen LogP contribution is 2.45. The Morgan fingerprint density at radius 2 is 0.494 bits per heavy atom. The van der Waals surface area contributed by atoms with Gasteiger partial charge in [0, 0.05) is 25.7 Å². The summed E-state index contributed by atoms with van der Waals surface area (Å²) in [6, 6.07) is 0. The van der Waals surface area contributed by atoms with Crippen molar-refractivity contribution in [1.82, 2.24) is 0 Å². The standard InChI is InChI=1S/C62H120O17P2/c1-5-9-13-17-21-24-25-26-27-28-29-30-31-33-37-41-45-49-62(67)79-58(53-73-60(65)47-43-39-36-32-22-18-14-10-6-2)55-77-81(70,71)75-51-56(63)50-74-80(68,69)76-54-57(52-72-59(64)46-42-38-34-20-16-12-8-4)78-61(66)48-44-40-35-23-19-15-11-7-3/h56-58,63H,5-55H2,1-4H3,(H,68,69)(H,70,71)/t56-,57+,58+/m0/s1. The first-order valence-electron chi connectivity index (χ1n) is 32.8. The van der Waals surface area contributed by atoms with Crippen LogP contribution in [0.5, 0.6) is 0 Å². The fourth-order valence-electron chi connectivity index (χ4n) is 9.28. The van der Waals surface area contributed by atoms with Crippen LogP contribution in [0.4, 0.5) is 0 Å². The Morgan fingerprint density at radius 1 is 0.296 bits per heavy atom. The number of unbranched alkanes of at least 4 members (excludes halogenated alkanes) is 37. The fourth-order valence-corrected chi connectivity index (χ4v) is 10.9. The summed E-state index contributed by atoms with van der Waals surface area (Å²) in [5.41, 5.74) is 0. The van der Waals surface area contributed by atoms with E-state index in [0.29, 0.717) is 25.7 Å². The zero-order chi connectivity index (χ0) is 59.8. The van der Waals surface area contributed by atoms with Gasteiger partial charge in [-0.05, 0) is 25.7 Å². The second kappa shape index (κ2) is 57.2. The number of phosphoric acid groups is 2. The number of carbonyl (C=O) groups excluding carboxylic acids is 4. The monoisotopic (exact) mass is 1200 g/mol. The summed E-state index contributed by atoms with van der Waals surface area (Å²) < 4.78 is 67.7. The van der Waals surface area contributed by atoms with Crippen molar-refractivity contribution in [3.63, 3.8) is 0 Å². The molecule has 0 saturated heterocycles. The minimum absolute atomic E-state index is 0.105. The van der Waals surface area contributed by atoms with E-state index in [1.54, 1.807) is 0 Å². The Kier molecular flexibility index (Phi) is 55.8. The van der Waals surface area contributed by atoms with Crippen LogP contribution >= 0.6 is 15.6 Å². The molecule has 0 aromatic heterocycles. The SMILES string of the molecule is CCCCCCCCCCCCCCCCCCCC(=O)O[C@H](COC(=O)CCCCCCCCCCC)COP(=O)(O)OC[C@@H](O)COP(=O)(O)OC[C@@H](COC(=O)CCCCCCCCC)OC(=O)CCCCCCCCCC. The van der Waals surface area contributed by atoms with Gasteiger partial charge in [0.2, 0.25) is 0 Å². The average molecular weight is 1200 g/mol. The lowest BCUT2D eigenvalue weighted by atomic mass is 10.0. The smallest absolute Gasteiger partial charge is 0.462 e. The van der Waals surface area contributed by atoms with Crippen LogP contribution in [0.2, 0.25) is 0 Å². The molecule has 0 heterocycles. The third kappa shape index (κ3) is 56.9. The molecule has 0 aromatic carbocycles. The Hall–Kier alpha value is -1.94. The van der Waals surface area contributed by atoms with Crippen molar-refractivity contribution in [3.8, 4) is 0 Å². The molecule has 0 saturated carbocycles. The first kappa shape index (κ1) is 79.1. The molecule has 0 bridgehead atoms. The Balaban J connectivity index is 5.14. The summed E-state index contributed by atoms with van der Waals surface area (Å²) in [7, 11) is -9.87. The van der Waals surface area contributed by atoms with E-state index in [9.17, 15) is 43.2 Å². The normalized spacial score (nSPS) is 14.2. The Morgan fingerprint density at radius 3 is 0.728 bits per heavy atom. The zero-order valence-electron chi connectivity index (χ0n) is 51.7. The lowest BCUT2D eigenvalue weighted by molar-refractivity contribution is -0.161. The Bertz CT molecular complexity index is 1570. The van der Waals surface area contributed by atoms with Crippen LogP contribution in [-0.4, -0.2) is 96.7 Å². The number of ether oxygens (including phenoxy) is 4. The summed E-state index contributed by atoms with van der Waals surface area (Å²) in [4.78, 5) is 71.9. The van der Waals surface area contributed by atoms with Gasteiger partial charge in [-0.2, -0.15) is 0 Å². The molecule has 0 rings (SSSR count). The predicted octanol–water partition coefficient (Wildman–Crippen LogP) is 17.2. The van der Waals surface area contributed by atoms with E-state index in [4.69, 9.17) is 37.0 Å². The van der Waals surface area contributed by atoms with Crippen LogP contribution in [0.25, 0.3) is 0 Å². The summed E-state index contributed by atoms with van der Waals surface area (Å²) in [5.74, 6) is -2.14. The minimum atomic E-state index is -4.94. The summed E-state index contributed by atoms with van der Waals surface area (Å²) in [6.45, 7) is 4.80. The van der Waals surface area contributed by atoms with Crippen molar-refractivity contribution in [2.75, 3.05) is 39.6 Å². The molecule has 3 N–H and O–H groups in total. The van der Waals surface area contributed by atoms with Crippen molar-refractivity contribution in [2.24, 2.45) is 0 Å². The second-order valence-corrected chi connectivity index (χ2v) is 25.4. The molecular formula is C62H120O17P2. The van der Waals surface area contributed by atoms with Gasteiger partial charge >= 0.3 is 39.5 Å². The highest BCUT2D eigenvalue weighted by atomic mass is 31.2. The Labute approximate surface area is 492 Å². The maximum atomic E-state index is 12.9. The van der Waals surface area contributed by atoms with Crippen LogP contribution in [0.1, 0.15) is 317 Å². The fraction of sp³-hybridized carbons (Fsp3) is 0.935. The van der Waals surface area contributed by atoms with Crippen molar-refractivity contribution >= 4 is 39.5 Å². The lowest BCUT2D eigenvalue weighted by Crippen LogP contribution is -2.30. The van der Waals surface area contributed by atoms with Gasteiger partial charge in [0.15, 0.2) is 12.2 Å². The molecule has 0 amide bonds. The molecule has 5 atom stereocenters. The van der Waals surface area contributed by atoms with E-state index in [1.165, 1.54) is 128 Å². The number of hydrogen-bond acceptors (Lipinski definition) is 15. The van der Waals surface area contributed by atoms with Gasteiger partial charge in [-0.1, -0.05) is 265 Å². The topological polar surface area (TPSA) is 237 Å². The number of carbonyl (C=O) groups is 4. The van der Waals surface area contributed by atoms with Crippen LogP contribution in [0.3, 0.4) is 0 Å². The van der Waals surface area contributed by atoms with Crippen molar-refractivity contribution < 1.29 is 80.2 Å². The van der Waals surface area contributed by atoms with Crippen LogP contribution < -0.4 is 0 Å². The number of esters is 4. The lowest BCUT2D eigenvalue weighted by Gasteiger charge is -2.21. The molecule has 0 aromatic rings. The third-order valence-electron chi connectivity index (χ3n) is 14.4. The quantitative estimate of drug-likeness (QED) is 0.0222. The predicted molar refractivity (Wildman–Crippen MR) is 322 cm³/mol. The van der Waals surface area contributed by atoms with Crippen molar-refractivity contribution in [1.29, 1.82) is 0 Å². The van der Waals surface area contributed by atoms with Crippen LogP contribution in [0, 0.1) is 0 Å². The van der Waals surface area contributed by atoms with E-state index in [1.807, 2.05) is 0 Å². The van der Waals surface area contributed by atoms with Gasteiger partial charge in [-0.15, -0.1) is 0 Å². The molecule has 480 valence electrons. The average Bonchev–Trinajstić information content (AvgIpc) is 3.44. The highest BCUT2D eigenvalue weighted by molar-refractivity contribution is 7.47. The highest BCUT2D eigenvalue weighted by Gasteiger charge is 2.30. The van der Waals surface area contributed by atoms with Gasteiger partial charge in [0.05, 0.1) is 26.4 Å². The van der Waals surface area contributed by atoms with Gasteiger partial charge in [-0.25, -0.2) is 9.13 Å². The van der Waals surface area contributed by atoms with Crippen molar-refractivity contribution in [3.05, 3.63) is 0 Å². The molecule has 0 fully saturated rings. The van der Waals surface area contributed by atoms with Gasteiger partial charge in [0.1, 0.15) is 19.3 Å². The van der Waals surface area contributed by atoms with Crippen LogP contribution in [-0.2, 0) is 65.4 Å². The molecular weight excluding hydrogens is 1080 g/mol. The maximum Gasteiger partial charge on any atom is 0.472 e. The van der Waals surface area contributed by atoms with Crippen molar-refractivity contribution in [2.45, 2.75) is 335 Å². The maximum absolute atomic E-state index is 12.9. The molecule has 0 aliphatic rings. The molecule has 0 spiro atoms. The van der Waals surface area contributed by atoms with E-state index in [2.05, 4.69) is 27.7 Å². The van der Waals surface area contributed by atoms with Gasteiger partial charge in [-0.3, -0.25) is 37.3 Å². The summed E-state index contributed by atoms with van der Waals surface area (Å²) >= 11 is 0. The molecule has 0 aliphatic carbocycles. The van der Waals surface area contributed by atoms with E-state index in [-0.39, 0.29) is 25.7 Å². The van der Waals surface area contributed by atoms with E-state index >= 15 is 0 Å². The molecule has 19 heteroatoms. The van der Waals surface area contributed by atoms with E-state index < -0.39 is 97.5 Å². The van der Waals surface area contributed by atoms with Gasteiger partial charge < -0.3 is 33.8 Å². The zero-order valence-corrected chi connectivity index (χ0v) is 53.5. The van der Waals surface area contributed by atoms with Gasteiger partial charge in [0.25, 0.3) is 0 Å². The van der Waals surface area contributed by atoms with Crippen LogP contribution in [0.15, 0.2) is 0 Å². The number of rotatable bonds is 63. The number of aliphatic hydroxyl groups excluding tert-OH is 1. The first-order chi connectivity index (χ1) is 39.2. The third-order valence-corrected chi connectivity index (χ3v) is 16.3. The van der Waals surface area contributed by atoms with E-state index in [0.717, 1.165) is 109 Å². The molecule has 17 nitrogen and oxygen atoms in total. The molecule has 0 radical (unpaired) electrons. The number of aliphatic hydroxyl groups is 1. The summed E-state index contributed by atoms with van der Waals surface area (Å²) in [6.07, 6.45) is 41.9. The molecule has 81 heavy (non-hydrogen) atoms. The number of phosphoric ester groups is 2. The number of hydrogen-bond donors (Lipinski definition) is 3. The first-order valence-corrected chi connectivity index (χ1v) is 35.8.